The second-order valence-corrected chi connectivity index (χ2v) is 8.18. The van der Waals surface area contributed by atoms with Gasteiger partial charge in [0.2, 0.25) is 0 Å². The molecule has 35 heavy (non-hydrogen) atoms. The molecule has 0 amide bonds. The Morgan fingerprint density at radius 1 is 0.971 bits per heavy atom. The molecule has 0 aliphatic carbocycles. The van der Waals surface area contributed by atoms with E-state index in [0.29, 0.717) is 16.3 Å². The lowest BCUT2D eigenvalue weighted by Crippen LogP contribution is -2.16. The molecule has 0 saturated heterocycles. The zero-order chi connectivity index (χ0) is 25.6. The molecule has 1 aromatic heterocycles. The van der Waals surface area contributed by atoms with E-state index in [1.54, 1.807) is 16.9 Å². The Morgan fingerprint density at radius 3 is 2.20 bits per heavy atom. The molecule has 0 atom stereocenters. The van der Waals surface area contributed by atoms with Crippen LogP contribution < -0.4 is 5.32 Å². The lowest BCUT2D eigenvalue weighted by molar-refractivity contribution is -0.143. The van der Waals surface area contributed by atoms with Gasteiger partial charge in [0.15, 0.2) is 0 Å². The number of carboxylic acid groups (broad SMARTS) is 2. The van der Waals surface area contributed by atoms with Gasteiger partial charge in [-0.15, -0.1) is 0 Å². The van der Waals surface area contributed by atoms with Crippen molar-refractivity contribution in [1.29, 1.82) is 0 Å². The summed E-state index contributed by atoms with van der Waals surface area (Å²) in [6.45, 7) is 1.75. The summed E-state index contributed by atoms with van der Waals surface area (Å²) < 4.78 is 40.3. The van der Waals surface area contributed by atoms with Crippen LogP contribution in [0.1, 0.15) is 29.5 Å². The maximum absolute atomic E-state index is 12.8. The van der Waals surface area contributed by atoms with Gasteiger partial charge in [0.05, 0.1) is 41.0 Å². The van der Waals surface area contributed by atoms with Gasteiger partial charge in [-0.05, 0) is 61.3 Å². The first-order chi connectivity index (χ1) is 16.6. The largest absolute Gasteiger partial charge is 0.481 e. The molecule has 2 heterocycles. The molecule has 0 spiro atoms. The standard InChI is InChI=1S/C20H17ClF3N3.C4H6O4/c21-17-6-3-13-7-10-25-11-8-16(13)19(17)27-18(9-12-26-27)14-1-4-15(5-2-14)20(22,23)24;5-3(6)1-2-4(7)8/h1-6,9,12,25H,7-8,10-11H2;1-2H2,(H,5,6)(H,7,8). The summed E-state index contributed by atoms with van der Waals surface area (Å²) in [6.07, 6.45) is -1.60. The fourth-order valence-electron chi connectivity index (χ4n) is 3.70. The SMILES string of the molecule is FC(F)(F)c1ccc(-c2ccnn2-c2c(Cl)ccc3c2CCNCC3)cc1.O=C(O)CCC(=O)O. The van der Waals surface area contributed by atoms with E-state index in [1.165, 1.54) is 17.7 Å². The number of hydrogen-bond donors (Lipinski definition) is 3. The van der Waals surface area contributed by atoms with Crippen LogP contribution in [0.15, 0.2) is 48.7 Å². The Hall–Kier alpha value is -3.37. The second-order valence-electron chi connectivity index (χ2n) is 7.77. The maximum atomic E-state index is 12.8. The van der Waals surface area contributed by atoms with Gasteiger partial charge in [0.25, 0.3) is 0 Å². The number of aliphatic carboxylic acids is 2. The van der Waals surface area contributed by atoms with Crippen LogP contribution in [-0.4, -0.2) is 45.0 Å². The van der Waals surface area contributed by atoms with E-state index in [1.807, 2.05) is 12.1 Å². The number of benzene rings is 2. The van der Waals surface area contributed by atoms with E-state index in [4.69, 9.17) is 21.8 Å². The first-order valence-corrected chi connectivity index (χ1v) is 11.1. The third-order valence-electron chi connectivity index (χ3n) is 5.37. The highest BCUT2D eigenvalue weighted by Gasteiger charge is 2.30. The van der Waals surface area contributed by atoms with Crippen LogP contribution in [0.4, 0.5) is 13.2 Å². The number of carbonyl (C=O) groups is 2. The minimum Gasteiger partial charge on any atom is -0.481 e. The maximum Gasteiger partial charge on any atom is 0.416 e. The van der Waals surface area contributed by atoms with E-state index in [0.717, 1.165) is 49.3 Å². The van der Waals surface area contributed by atoms with Crippen molar-refractivity contribution in [3.05, 3.63) is 70.4 Å². The lowest BCUT2D eigenvalue weighted by atomic mass is 10.0. The third-order valence-corrected chi connectivity index (χ3v) is 5.67. The van der Waals surface area contributed by atoms with Gasteiger partial charge in [-0.25, -0.2) is 4.68 Å². The summed E-state index contributed by atoms with van der Waals surface area (Å²) in [4.78, 5) is 19.3. The fraction of sp³-hybridized carbons (Fsp3) is 0.292. The van der Waals surface area contributed by atoms with Gasteiger partial charge in [0, 0.05) is 5.56 Å². The van der Waals surface area contributed by atoms with Crippen LogP contribution in [-0.2, 0) is 28.6 Å². The van der Waals surface area contributed by atoms with Gasteiger partial charge in [-0.3, -0.25) is 9.59 Å². The summed E-state index contributed by atoms with van der Waals surface area (Å²) in [5.41, 5.74) is 3.84. The highest BCUT2D eigenvalue weighted by Crippen LogP contribution is 2.34. The molecule has 0 bridgehead atoms. The molecule has 0 radical (unpaired) electrons. The van der Waals surface area contributed by atoms with Crippen LogP contribution in [0, 0.1) is 0 Å². The van der Waals surface area contributed by atoms with Crippen LogP contribution in [0.25, 0.3) is 16.9 Å². The van der Waals surface area contributed by atoms with Gasteiger partial charge >= 0.3 is 18.1 Å². The first-order valence-electron chi connectivity index (χ1n) is 10.7. The summed E-state index contributed by atoms with van der Waals surface area (Å²) in [6, 6.07) is 10.8. The average Bonchev–Trinajstić information content (AvgIpc) is 3.15. The summed E-state index contributed by atoms with van der Waals surface area (Å²) in [5, 5.41) is 24.2. The Bertz CT molecular complexity index is 1180. The Kier molecular flexibility index (Phi) is 8.52. The number of nitrogens with one attached hydrogen (secondary N) is 1. The molecule has 4 rings (SSSR count). The normalized spacial score (nSPS) is 13.3. The summed E-state index contributed by atoms with van der Waals surface area (Å²) in [7, 11) is 0. The van der Waals surface area contributed by atoms with Crippen LogP contribution >= 0.6 is 11.6 Å². The van der Waals surface area contributed by atoms with E-state index in [9.17, 15) is 22.8 Å². The van der Waals surface area contributed by atoms with E-state index >= 15 is 0 Å². The van der Waals surface area contributed by atoms with Gasteiger partial charge in [-0.2, -0.15) is 18.3 Å². The van der Waals surface area contributed by atoms with Crippen molar-refractivity contribution in [3.8, 4) is 16.9 Å². The van der Waals surface area contributed by atoms with Crippen molar-refractivity contribution < 1.29 is 33.0 Å². The number of halogens is 4. The molecule has 2 aromatic carbocycles. The topological polar surface area (TPSA) is 104 Å². The van der Waals surface area contributed by atoms with Crippen molar-refractivity contribution in [2.24, 2.45) is 0 Å². The van der Waals surface area contributed by atoms with E-state index < -0.39 is 23.7 Å². The molecule has 11 heteroatoms. The third kappa shape index (κ3) is 6.83. The molecule has 7 nitrogen and oxygen atoms in total. The monoisotopic (exact) mass is 509 g/mol. The van der Waals surface area contributed by atoms with Crippen molar-refractivity contribution in [3.63, 3.8) is 0 Å². The molecular weight excluding hydrogens is 487 g/mol. The van der Waals surface area contributed by atoms with Crippen molar-refractivity contribution in [1.82, 2.24) is 15.1 Å². The van der Waals surface area contributed by atoms with Gasteiger partial charge < -0.3 is 15.5 Å². The van der Waals surface area contributed by atoms with Crippen LogP contribution in [0.3, 0.4) is 0 Å². The van der Waals surface area contributed by atoms with E-state index in [-0.39, 0.29) is 12.8 Å². The van der Waals surface area contributed by atoms with Gasteiger partial charge in [0.1, 0.15) is 0 Å². The molecule has 1 aliphatic heterocycles. The zero-order valence-electron chi connectivity index (χ0n) is 18.5. The molecule has 1 aliphatic rings. The van der Waals surface area contributed by atoms with Crippen molar-refractivity contribution >= 4 is 23.5 Å². The van der Waals surface area contributed by atoms with Crippen LogP contribution in [0.2, 0.25) is 5.02 Å². The fourth-order valence-corrected chi connectivity index (χ4v) is 3.95. The number of alkyl halides is 3. The molecular formula is C24H23ClF3N3O4. The minimum atomic E-state index is -4.36. The lowest BCUT2D eigenvalue weighted by Gasteiger charge is -2.17. The number of aromatic nitrogens is 2. The van der Waals surface area contributed by atoms with Crippen molar-refractivity contribution in [2.45, 2.75) is 31.9 Å². The Labute approximate surface area is 204 Å². The van der Waals surface area contributed by atoms with Crippen LogP contribution in [0.5, 0.6) is 0 Å². The predicted molar refractivity (Wildman–Crippen MR) is 124 cm³/mol. The number of rotatable bonds is 5. The average molecular weight is 510 g/mol. The smallest absolute Gasteiger partial charge is 0.416 e. The first kappa shape index (κ1) is 26.2. The Balaban J connectivity index is 0.000000371. The number of carboxylic acids is 2. The predicted octanol–water partition coefficient (Wildman–Crippen LogP) is 4.84. The molecule has 3 aromatic rings. The number of nitrogens with zero attached hydrogens (tertiary/aromatic N) is 2. The molecule has 186 valence electrons. The highest BCUT2D eigenvalue weighted by atomic mass is 35.5. The minimum absolute atomic E-state index is 0.296. The molecule has 0 unspecified atom stereocenters. The Morgan fingerprint density at radius 2 is 1.60 bits per heavy atom. The summed E-state index contributed by atoms with van der Waals surface area (Å²) >= 11 is 6.52. The molecule has 0 fully saturated rings. The zero-order valence-corrected chi connectivity index (χ0v) is 19.2. The molecule has 0 saturated carbocycles. The number of fused-ring (bicyclic) bond motifs is 1. The quantitative estimate of drug-likeness (QED) is 0.455. The molecule has 3 N–H and O–H groups in total. The highest BCUT2D eigenvalue weighted by molar-refractivity contribution is 6.32. The summed E-state index contributed by atoms with van der Waals surface area (Å²) in [5.74, 6) is -2.15. The number of hydrogen-bond acceptors (Lipinski definition) is 4. The van der Waals surface area contributed by atoms with Gasteiger partial charge in [-0.1, -0.05) is 29.8 Å². The van der Waals surface area contributed by atoms with Crippen molar-refractivity contribution in [2.75, 3.05) is 13.1 Å². The second kappa shape index (κ2) is 11.4. The van der Waals surface area contributed by atoms with E-state index in [2.05, 4.69) is 10.4 Å².